The molecule has 0 aliphatic heterocycles. The SMILES string of the molecule is C[C@H](NC(=O)[C@@H](C)Oc1ccccc1C#N)[C@@H]1C[C@@H]2CC[C@@H]1C2. The van der Waals surface area contributed by atoms with Crippen LogP contribution in [-0.2, 0) is 4.79 Å². The summed E-state index contributed by atoms with van der Waals surface area (Å²) in [5, 5.41) is 12.2. The largest absolute Gasteiger partial charge is 0.480 e. The summed E-state index contributed by atoms with van der Waals surface area (Å²) in [5.41, 5.74) is 0.452. The maximum absolute atomic E-state index is 12.4. The number of hydrogen-bond acceptors (Lipinski definition) is 3. The van der Waals surface area contributed by atoms with Crippen LogP contribution < -0.4 is 10.1 Å². The molecule has 0 aromatic heterocycles. The Morgan fingerprint density at radius 2 is 2.09 bits per heavy atom. The molecule has 0 radical (unpaired) electrons. The zero-order chi connectivity index (χ0) is 16.4. The van der Waals surface area contributed by atoms with Crippen molar-refractivity contribution in [2.24, 2.45) is 17.8 Å². The molecule has 1 aromatic rings. The second-order valence-corrected chi connectivity index (χ2v) is 7.00. The molecule has 0 heterocycles. The minimum atomic E-state index is -0.606. The minimum Gasteiger partial charge on any atom is -0.480 e. The van der Waals surface area contributed by atoms with Gasteiger partial charge in [-0.15, -0.1) is 0 Å². The zero-order valence-electron chi connectivity index (χ0n) is 13.8. The Hall–Kier alpha value is -2.02. The van der Waals surface area contributed by atoms with Crippen molar-refractivity contribution in [2.75, 3.05) is 0 Å². The van der Waals surface area contributed by atoms with Gasteiger partial charge in [0.05, 0.1) is 5.56 Å². The van der Waals surface area contributed by atoms with E-state index in [1.54, 1.807) is 31.2 Å². The van der Waals surface area contributed by atoms with Gasteiger partial charge in [0.25, 0.3) is 5.91 Å². The second-order valence-electron chi connectivity index (χ2n) is 7.00. The molecule has 4 nitrogen and oxygen atoms in total. The third kappa shape index (κ3) is 3.34. The van der Waals surface area contributed by atoms with Gasteiger partial charge in [0.1, 0.15) is 11.8 Å². The number of hydrogen-bond donors (Lipinski definition) is 1. The highest BCUT2D eigenvalue weighted by atomic mass is 16.5. The molecule has 2 aliphatic rings. The summed E-state index contributed by atoms with van der Waals surface area (Å²) in [5.74, 6) is 2.63. The Morgan fingerprint density at radius 3 is 2.74 bits per heavy atom. The lowest BCUT2D eigenvalue weighted by Crippen LogP contribution is -2.45. The second kappa shape index (κ2) is 6.62. The van der Waals surface area contributed by atoms with E-state index < -0.39 is 6.10 Å². The number of nitrogens with one attached hydrogen (secondary N) is 1. The van der Waals surface area contributed by atoms with Crippen molar-refractivity contribution in [2.45, 2.75) is 51.7 Å². The van der Waals surface area contributed by atoms with Crippen molar-refractivity contribution in [1.82, 2.24) is 5.32 Å². The normalized spacial score (nSPS) is 28.0. The average molecular weight is 312 g/mol. The van der Waals surface area contributed by atoms with Crippen LogP contribution in [0.15, 0.2) is 24.3 Å². The van der Waals surface area contributed by atoms with E-state index in [1.165, 1.54) is 25.7 Å². The summed E-state index contributed by atoms with van der Waals surface area (Å²) in [6.45, 7) is 3.84. The third-order valence-corrected chi connectivity index (χ3v) is 5.49. The number of amides is 1. The monoisotopic (exact) mass is 312 g/mol. The molecular formula is C19H24N2O2. The number of benzene rings is 1. The third-order valence-electron chi connectivity index (χ3n) is 5.49. The van der Waals surface area contributed by atoms with Gasteiger partial charge in [0.2, 0.25) is 0 Å². The minimum absolute atomic E-state index is 0.104. The Kier molecular flexibility index (Phi) is 4.56. The predicted octanol–water partition coefficient (Wildman–Crippen LogP) is 3.27. The van der Waals surface area contributed by atoms with E-state index in [0.29, 0.717) is 17.2 Å². The summed E-state index contributed by atoms with van der Waals surface area (Å²) in [7, 11) is 0. The van der Waals surface area contributed by atoms with Crippen LogP contribution in [0.4, 0.5) is 0 Å². The summed E-state index contributed by atoms with van der Waals surface area (Å²) < 4.78 is 5.69. The van der Waals surface area contributed by atoms with E-state index in [-0.39, 0.29) is 11.9 Å². The Labute approximate surface area is 137 Å². The number of carbonyl (C=O) groups is 1. The van der Waals surface area contributed by atoms with Crippen LogP contribution in [0.5, 0.6) is 5.75 Å². The molecule has 2 aliphatic carbocycles. The van der Waals surface area contributed by atoms with Gasteiger partial charge in [-0.25, -0.2) is 0 Å². The first-order valence-corrected chi connectivity index (χ1v) is 8.54. The van der Waals surface area contributed by atoms with Gasteiger partial charge in [0, 0.05) is 6.04 Å². The van der Waals surface area contributed by atoms with Gasteiger partial charge in [-0.2, -0.15) is 5.26 Å². The molecule has 1 N–H and O–H groups in total. The standard InChI is InChI=1S/C19H24N2O2/c1-12(17-10-14-7-8-15(17)9-14)21-19(22)13(2)23-18-6-4-3-5-16(18)11-20/h3-6,12-15,17H,7-10H2,1-2H3,(H,21,22)/t12-,13+,14+,15+,17-/m0/s1. The first kappa shape index (κ1) is 15.9. The highest BCUT2D eigenvalue weighted by Crippen LogP contribution is 2.49. The molecule has 0 unspecified atom stereocenters. The summed E-state index contributed by atoms with van der Waals surface area (Å²) >= 11 is 0. The van der Waals surface area contributed by atoms with Gasteiger partial charge < -0.3 is 10.1 Å². The molecule has 0 spiro atoms. The average Bonchev–Trinajstić information content (AvgIpc) is 3.18. The van der Waals surface area contributed by atoms with Gasteiger partial charge in [-0.1, -0.05) is 18.6 Å². The Balaban J connectivity index is 1.56. The molecule has 2 fully saturated rings. The smallest absolute Gasteiger partial charge is 0.260 e. The number of nitrogens with zero attached hydrogens (tertiary/aromatic N) is 1. The highest BCUT2D eigenvalue weighted by Gasteiger charge is 2.42. The molecule has 122 valence electrons. The fraction of sp³-hybridized carbons (Fsp3) is 0.579. The van der Waals surface area contributed by atoms with Crippen LogP contribution in [0, 0.1) is 29.1 Å². The quantitative estimate of drug-likeness (QED) is 0.907. The fourth-order valence-electron chi connectivity index (χ4n) is 4.26. The number of nitriles is 1. The number of ether oxygens (including phenoxy) is 1. The number of para-hydroxylation sites is 1. The van der Waals surface area contributed by atoms with E-state index in [9.17, 15) is 4.79 Å². The molecule has 5 atom stereocenters. The molecule has 1 amide bonds. The summed E-state index contributed by atoms with van der Waals surface area (Å²) in [6, 6.07) is 9.28. The van der Waals surface area contributed by atoms with Crippen LogP contribution in [0.1, 0.15) is 45.1 Å². The lowest BCUT2D eigenvalue weighted by atomic mass is 9.84. The van der Waals surface area contributed by atoms with Gasteiger partial charge >= 0.3 is 0 Å². The van der Waals surface area contributed by atoms with Crippen molar-refractivity contribution in [3.8, 4) is 11.8 Å². The van der Waals surface area contributed by atoms with E-state index in [1.807, 2.05) is 0 Å². The van der Waals surface area contributed by atoms with Gasteiger partial charge in [0.15, 0.2) is 6.10 Å². The molecule has 2 saturated carbocycles. The first-order chi connectivity index (χ1) is 11.1. The molecular weight excluding hydrogens is 288 g/mol. The van der Waals surface area contributed by atoms with Crippen LogP contribution in [0.3, 0.4) is 0 Å². The molecule has 23 heavy (non-hydrogen) atoms. The first-order valence-electron chi connectivity index (χ1n) is 8.54. The van der Waals surface area contributed by atoms with E-state index in [4.69, 9.17) is 10.00 Å². The van der Waals surface area contributed by atoms with Crippen LogP contribution in [0.25, 0.3) is 0 Å². The lowest BCUT2D eigenvalue weighted by molar-refractivity contribution is -0.128. The molecule has 3 rings (SSSR count). The van der Waals surface area contributed by atoms with Crippen LogP contribution in [0.2, 0.25) is 0 Å². The molecule has 2 bridgehead atoms. The Bertz CT molecular complexity index is 622. The van der Waals surface area contributed by atoms with Crippen molar-refractivity contribution >= 4 is 5.91 Å². The van der Waals surface area contributed by atoms with Gasteiger partial charge in [-0.3, -0.25) is 4.79 Å². The molecule has 1 aromatic carbocycles. The van der Waals surface area contributed by atoms with E-state index >= 15 is 0 Å². The van der Waals surface area contributed by atoms with Crippen molar-refractivity contribution in [1.29, 1.82) is 5.26 Å². The van der Waals surface area contributed by atoms with Crippen molar-refractivity contribution < 1.29 is 9.53 Å². The topological polar surface area (TPSA) is 62.1 Å². The van der Waals surface area contributed by atoms with E-state index in [0.717, 1.165) is 11.8 Å². The van der Waals surface area contributed by atoms with Crippen molar-refractivity contribution in [3.63, 3.8) is 0 Å². The number of carbonyl (C=O) groups excluding carboxylic acids is 1. The number of fused-ring (bicyclic) bond motifs is 2. The van der Waals surface area contributed by atoms with Crippen LogP contribution in [-0.4, -0.2) is 18.1 Å². The van der Waals surface area contributed by atoms with Crippen molar-refractivity contribution in [3.05, 3.63) is 29.8 Å². The summed E-state index contributed by atoms with van der Waals surface area (Å²) in [6.07, 6.45) is 4.67. The molecule has 4 heteroatoms. The highest BCUT2D eigenvalue weighted by molar-refractivity contribution is 5.81. The molecule has 0 saturated heterocycles. The predicted molar refractivity (Wildman–Crippen MR) is 87.8 cm³/mol. The van der Waals surface area contributed by atoms with E-state index in [2.05, 4.69) is 18.3 Å². The zero-order valence-corrected chi connectivity index (χ0v) is 13.8. The maximum Gasteiger partial charge on any atom is 0.260 e. The number of rotatable bonds is 5. The maximum atomic E-state index is 12.4. The Morgan fingerprint density at radius 1 is 1.30 bits per heavy atom. The fourth-order valence-corrected chi connectivity index (χ4v) is 4.26. The lowest BCUT2D eigenvalue weighted by Gasteiger charge is -2.29. The van der Waals surface area contributed by atoms with Gasteiger partial charge in [-0.05, 0) is 63.0 Å². The summed E-state index contributed by atoms with van der Waals surface area (Å²) in [4.78, 5) is 12.4. The van der Waals surface area contributed by atoms with Crippen LogP contribution >= 0.6 is 0 Å².